The van der Waals surface area contributed by atoms with E-state index in [9.17, 15) is 14.4 Å². The van der Waals surface area contributed by atoms with Crippen molar-refractivity contribution in [3.05, 3.63) is 0 Å². The molecule has 30 heavy (non-hydrogen) atoms. The zero-order valence-corrected chi connectivity index (χ0v) is 19.4. The van der Waals surface area contributed by atoms with E-state index >= 15 is 0 Å². The Kier molecular flexibility index (Phi) is 7.79. The van der Waals surface area contributed by atoms with Gasteiger partial charge in [-0.1, -0.05) is 29.3 Å². The van der Waals surface area contributed by atoms with Crippen molar-refractivity contribution < 1.29 is 29.0 Å². The molecule has 2 bridgehead atoms. The standard InChI is InChI=1S/C21H33BrN2O6/c1-3-5-9-23-18(26)17-21-12-13(22)16(30-21)14(20(28)29-4-2)15(21)19(27)24(17)10-7-6-8-11-25/h13-17,25H,3-12H2,1-2H3,(H,23,26)/t13?,14-,15-,16-,17?,21?/m0/s1. The number of carbonyl (C=O) groups is 3. The highest BCUT2D eigenvalue weighted by Crippen LogP contribution is 2.60. The van der Waals surface area contributed by atoms with Crippen LogP contribution in [0.15, 0.2) is 0 Å². The predicted octanol–water partition coefficient (Wildman–Crippen LogP) is 1.38. The number of nitrogens with zero attached hydrogens (tertiary/aromatic N) is 1. The van der Waals surface area contributed by atoms with Crippen molar-refractivity contribution in [2.24, 2.45) is 11.8 Å². The fraction of sp³-hybridized carbons (Fsp3) is 0.857. The van der Waals surface area contributed by atoms with Crippen LogP contribution in [-0.2, 0) is 23.9 Å². The molecule has 0 aromatic carbocycles. The van der Waals surface area contributed by atoms with Crippen LogP contribution in [0.25, 0.3) is 0 Å². The Labute approximate surface area is 186 Å². The van der Waals surface area contributed by atoms with Crippen LogP contribution >= 0.6 is 15.9 Å². The van der Waals surface area contributed by atoms with Crippen molar-refractivity contribution >= 4 is 33.7 Å². The van der Waals surface area contributed by atoms with Crippen LogP contribution in [0.1, 0.15) is 52.4 Å². The van der Waals surface area contributed by atoms with Gasteiger partial charge < -0.3 is 24.8 Å². The number of ether oxygens (including phenoxy) is 2. The van der Waals surface area contributed by atoms with Gasteiger partial charge in [0.15, 0.2) is 0 Å². The molecule has 3 rings (SSSR count). The van der Waals surface area contributed by atoms with E-state index in [0.717, 1.165) is 19.3 Å². The fourth-order valence-electron chi connectivity index (χ4n) is 5.23. The van der Waals surface area contributed by atoms with Gasteiger partial charge in [-0.25, -0.2) is 0 Å². The lowest BCUT2D eigenvalue weighted by atomic mass is 9.70. The molecule has 3 unspecified atom stereocenters. The Morgan fingerprint density at radius 3 is 2.73 bits per heavy atom. The van der Waals surface area contributed by atoms with Gasteiger partial charge in [0.2, 0.25) is 11.8 Å². The third-order valence-electron chi connectivity index (χ3n) is 6.48. The minimum Gasteiger partial charge on any atom is -0.466 e. The summed E-state index contributed by atoms with van der Waals surface area (Å²) in [6.45, 7) is 5.06. The van der Waals surface area contributed by atoms with Gasteiger partial charge in [0, 0.05) is 24.5 Å². The van der Waals surface area contributed by atoms with Crippen LogP contribution in [0.3, 0.4) is 0 Å². The lowest BCUT2D eigenvalue weighted by Crippen LogP contribution is -2.56. The molecule has 3 heterocycles. The number of unbranched alkanes of at least 4 members (excludes halogenated alkanes) is 3. The number of aliphatic hydroxyl groups excluding tert-OH is 1. The zero-order valence-electron chi connectivity index (χ0n) is 17.8. The number of carbonyl (C=O) groups excluding carboxylic acids is 3. The third-order valence-corrected chi connectivity index (χ3v) is 7.33. The van der Waals surface area contributed by atoms with Gasteiger partial charge in [0.1, 0.15) is 11.6 Å². The molecule has 0 saturated carbocycles. The van der Waals surface area contributed by atoms with Crippen LogP contribution in [0.2, 0.25) is 0 Å². The number of hydrogen-bond acceptors (Lipinski definition) is 6. The SMILES string of the molecule is CCCCNC(=O)C1N(CCCCCO)C(=O)[C@@H]2[C@H](C(=O)OCC)[C@H]3OC12CC3Br. The quantitative estimate of drug-likeness (QED) is 0.258. The number of rotatable bonds is 11. The molecule has 3 fully saturated rings. The number of amides is 2. The molecule has 3 aliphatic heterocycles. The van der Waals surface area contributed by atoms with Crippen molar-refractivity contribution in [1.29, 1.82) is 0 Å². The summed E-state index contributed by atoms with van der Waals surface area (Å²) in [5, 5.41) is 12.0. The zero-order chi connectivity index (χ0) is 21.9. The Hall–Kier alpha value is -1.19. The van der Waals surface area contributed by atoms with Gasteiger partial charge in [0.25, 0.3) is 0 Å². The number of likely N-dealkylation sites (tertiary alicyclic amines) is 1. The van der Waals surface area contributed by atoms with Crippen LogP contribution in [0.5, 0.6) is 0 Å². The highest BCUT2D eigenvalue weighted by Gasteiger charge is 2.76. The molecule has 9 heteroatoms. The molecule has 2 N–H and O–H groups in total. The van der Waals surface area contributed by atoms with Gasteiger partial charge >= 0.3 is 5.97 Å². The van der Waals surface area contributed by atoms with Crippen molar-refractivity contribution in [2.45, 2.75) is 74.9 Å². The smallest absolute Gasteiger partial charge is 0.312 e. The second kappa shape index (κ2) is 9.96. The Bertz CT molecular complexity index is 661. The van der Waals surface area contributed by atoms with Gasteiger partial charge in [-0.3, -0.25) is 14.4 Å². The number of esters is 1. The molecule has 0 aliphatic carbocycles. The predicted molar refractivity (Wildman–Crippen MR) is 113 cm³/mol. The van der Waals surface area contributed by atoms with E-state index in [1.807, 2.05) is 0 Å². The largest absolute Gasteiger partial charge is 0.466 e. The molecule has 0 aromatic rings. The lowest BCUT2D eigenvalue weighted by molar-refractivity contribution is -0.154. The summed E-state index contributed by atoms with van der Waals surface area (Å²) in [7, 11) is 0. The topological polar surface area (TPSA) is 105 Å². The summed E-state index contributed by atoms with van der Waals surface area (Å²) in [6.07, 6.45) is 3.93. The third kappa shape index (κ3) is 4.00. The first-order valence-electron chi connectivity index (χ1n) is 11.1. The molecule has 8 nitrogen and oxygen atoms in total. The molecule has 3 saturated heterocycles. The molecule has 0 radical (unpaired) electrons. The van der Waals surface area contributed by atoms with Crippen molar-refractivity contribution in [3.63, 3.8) is 0 Å². The molecular formula is C21H33BrN2O6. The molecule has 2 amide bonds. The van der Waals surface area contributed by atoms with Crippen molar-refractivity contribution in [2.75, 3.05) is 26.3 Å². The molecule has 0 aromatic heterocycles. The first kappa shape index (κ1) is 23.5. The highest BCUT2D eigenvalue weighted by molar-refractivity contribution is 9.09. The minimum absolute atomic E-state index is 0.0996. The second-order valence-electron chi connectivity index (χ2n) is 8.38. The van der Waals surface area contributed by atoms with Crippen LogP contribution < -0.4 is 5.32 Å². The van der Waals surface area contributed by atoms with Gasteiger partial charge in [-0.15, -0.1) is 0 Å². The normalized spacial score (nSPS) is 34.3. The first-order valence-corrected chi connectivity index (χ1v) is 12.0. The van der Waals surface area contributed by atoms with E-state index in [1.165, 1.54) is 0 Å². The molecule has 1 spiro atoms. The maximum Gasteiger partial charge on any atom is 0.312 e. The summed E-state index contributed by atoms with van der Waals surface area (Å²) in [4.78, 5) is 41.0. The van der Waals surface area contributed by atoms with Crippen molar-refractivity contribution in [3.8, 4) is 0 Å². The molecular weight excluding hydrogens is 456 g/mol. The Morgan fingerprint density at radius 2 is 2.07 bits per heavy atom. The lowest BCUT2D eigenvalue weighted by Gasteiger charge is -2.34. The van der Waals surface area contributed by atoms with E-state index in [2.05, 4.69) is 28.2 Å². The minimum atomic E-state index is -1.01. The summed E-state index contributed by atoms with van der Waals surface area (Å²) in [5.41, 5.74) is -1.01. The van der Waals surface area contributed by atoms with Crippen molar-refractivity contribution in [1.82, 2.24) is 10.2 Å². The van der Waals surface area contributed by atoms with Crippen LogP contribution in [-0.4, -0.2) is 76.7 Å². The monoisotopic (exact) mass is 488 g/mol. The average molecular weight is 489 g/mol. The summed E-state index contributed by atoms with van der Waals surface area (Å²) in [5.74, 6) is -2.25. The second-order valence-corrected chi connectivity index (χ2v) is 9.55. The fourth-order valence-corrected chi connectivity index (χ4v) is 6.18. The van der Waals surface area contributed by atoms with E-state index in [4.69, 9.17) is 14.6 Å². The van der Waals surface area contributed by atoms with Gasteiger partial charge in [-0.05, 0) is 39.0 Å². The number of hydrogen-bond donors (Lipinski definition) is 2. The highest BCUT2D eigenvalue weighted by atomic mass is 79.9. The molecule has 3 aliphatic rings. The average Bonchev–Trinajstić information content (AvgIpc) is 3.29. The Morgan fingerprint density at radius 1 is 1.30 bits per heavy atom. The maximum atomic E-state index is 13.5. The number of alkyl halides is 1. The van der Waals surface area contributed by atoms with Gasteiger partial charge in [0.05, 0.1) is 24.5 Å². The van der Waals surface area contributed by atoms with E-state index in [-0.39, 0.29) is 29.9 Å². The maximum absolute atomic E-state index is 13.5. The molecule has 6 atom stereocenters. The van der Waals surface area contributed by atoms with Crippen LogP contribution in [0.4, 0.5) is 0 Å². The number of aliphatic hydroxyl groups is 1. The van der Waals surface area contributed by atoms with E-state index in [0.29, 0.717) is 32.4 Å². The summed E-state index contributed by atoms with van der Waals surface area (Å²) in [6, 6.07) is -0.759. The van der Waals surface area contributed by atoms with Gasteiger partial charge in [-0.2, -0.15) is 0 Å². The number of halogens is 1. The number of fused-ring (bicyclic) bond motifs is 1. The van der Waals surface area contributed by atoms with E-state index in [1.54, 1.807) is 11.8 Å². The number of nitrogens with one attached hydrogen (secondary N) is 1. The first-order chi connectivity index (χ1) is 14.4. The summed E-state index contributed by atoms with van der Waals surface area (Å²) >= 11 is 3.62. The molecule has 170 valence electrons. The Balaban J connectivity index is 1.89. The summed E-state index contributed by atoms with van der Waals surface area (Å²) < 4.78 is 11.6. The van der Waals surface area contributed by atoms with E-state index < -0.39 is 35.6 Å². The van der Waals surface area contributed by atoms with Crippen LogP contribution in [0, 0.1) is 11.8 Å².